The molecule has 0 aliphatic carbocycles. The summed E-state index contributed by atoms with van der Waals surface area (Å²) in [5, 5.41) is 7.13. The van der Waals surface area contributed by atoms with Crippen molar-refractivity contribution in [2.24, 2.45) is 0 Å². The molecule has 0 aliphatic heterocycles. The lowest BCUT2D eigenvalue weighted by atomic mass is 10.2. The van der Waals surface area contributed by atoms with Gasteiger partial charge in [0.05, 0.1) is 23.6 Å². The Kier molecular flexibility index (Phi) is 3.73. The maximum absolute atomic E-state index is 12.2. The number of nitrogens with zero attached hydrogens (tertiary/aromatic N) is 5. The second-order valence-electron chi connectivity index (χ2n) is 5.62. The molecule has 122 valence electrons. The highest BCUT2D eigenvalue weighted by Crippen LogP contribution is 2.15. The first-order valence-corrected chi connectivity index (χ1v) is 8.58. The standard InChI is InChI=1S/C16H16N6OS/c1-11(13-9-22-16(20-13)24-10-17-22)18-15(23)6-5-12-8-21-7-3-2-4-14(21)19-12/h2-4,7-11H,5-6H2,1H3,(H,18,23). The van der Waals surface area contributed by atoms with Crippen molar-refractivity contribution in [2.75, 3.05) is 0 Å². The van der Waals surface area contributed by atoms with Crippen LogP contribution in [-0.4, -0.2) is 29.9 Å². The Labute approximate surface area is 142 Å². The van der Waals surface area contributed by atoms with Gasteiger partial charge in [-0.1, -0.05) is 17.4 Å². The number of nitrogens with one attached hydrogen (secondary N) is 1. The van der Waals surface area contributed by atoms with E-state index in [4.69, 9.17) is 0 Å². The first-order valence-electron chi connectivity index (χ1n) is 7.70. The number of pyridine rings is 1. The van der Waals surface area contributed by atoms with Gasteiger partial charge in [0.25, 0.3) is 0 Å². The molecule has 0 spiro atoms. The summed E-state index contributed by atoms with van der Waals surface area (Å²) in [6, 6.07) is 5.71. The molecule has 0 aromatic carbocycles. The second-order valence-corrected chi connectivity index (χ2v) is 6.43. The molecule has 0 radical (unpaired) electrons. The van der Waals surface area contributed by atoms with Gasteiger partial charge in [0, 0.05) is 18.8 Å². The average Bonchev–Trinajstić information content (AvgIpc) is 3.26. The molecule has 7 nitrogen and oxygen atoms in total. The third kappa shape index (κ3) is 2.88. The van der Waals surface area contributed by atoms with Gasteiger partial charge in [-0.2, -0.15) is 5.10 Å². The van der Waals surface area contributed by atoms with E-state index in [1.54, 1.807) is 10.0 Å². The number of fused-ring (bicyclic) bond motifs is 2. The minimum atomic E-state index is -0.146. The summed E-state index contributed by atoms with van der Waals surface area (Å²) in [4.78, 5) is 22.0. The monoisotopic (exact) mass is 340 g/mol. The quantitative estimate of drug-likeness (QED) is 0.604. The summed E-state index contributed by atoms with van der Waals surface area (Å²) < 4.78 is 3.68. The van der Waals surface area contributed by atoms with Crippen LogP contribution in [0.2, 0.25) is 0 Å². The SMILES string of the molecule is CC(NC(=O)CCc1cn2ccccc2n1)c1cn2ncsc2n1. The summed E-state index contributed by atoms with van der Waals surface area (Å²) in [6.45, 7) is 1.93. The molecule has 24 heavy (non-hydrogen) atoms. The van der Waals surface area contributed by atoms with Crippen LogP contribution in [0.25, 0.3) is 10.6 Å². The Hall–Kier alpha value is -2.74. The third-order valence-corrected chi connectivity index (χ3v) is 4.54. The van der Waals surface area contributed by atoms with E-state index in [1.165, 1.54) is 11.3 Å². The zero-order valence-electron chi connectivity index (χ0n) is 13.1. The molecule has 0 saturated heterocycles. The number of aromatic nitrogens is 5. The third-order valence-electron chi connectivity index (χ3n) is 3.85. The Morgan fingerprint density at radius 3 is 3.08 bits per heavy atom. The molecule has 8 heteroatoms. The Balaban J connectivity index is 1.36. The van der Waals surface area contributed by atoms with Gasteiger partial charge < -0.3 is 9.72 Å². The van der Waals surface area contributed by atoms with Crippen molar-refractivity contribution in [1.29, 1.82) is 0 Å². The van der Waals surface area contributed by atoms with Crippen molar-refractivity contribution < 1.29 is 4.79 Å². The second kappa shape index (κ2) is 6.04. The molecule has 1 amide bonds. The molecular formula is C16H16N6OS. The molecule has 4 aromatic rings. The molecule has 0 fully saturated rings. The van der Waals surface area contributed by atoms with Gasteiger partial charge in [-0.25, -0.2) is 14.5 Å². The number of carbonyl (C=O) groups is 1. The van der Waals surface area contributed by atoms with E-state index < -0.39 is 0 Å². The van der Waals surface area contributed by atoms with Crippen LogP contribution in [0.15, 0.2) is 42.3 Å². The molecule has 0 bridgehead atoms. The Morgan fingerprint density at radius 1 is 1.33 bits per heavy atom. The van der Waals surface area contributed by atoms with Crippen LogP contribution < -0.4 is 5.32 Å². The van der Waals surface area contributed by atoms with Crippen molar-refractivity contribution in [2.45, 2.75) is 25.8 Å². The topological polar surface area (TPSA) is 76.6 Å². The Bertz CT molecular complexity index is 939. The lowest BCUT2D eigenvalue weighted by Gasteiger charge is -2.10. The van der Waals surface area contributed by atoms with E-state index in [0.717, 1.165) is 22.0 Å². The van der Waals surface area contributed by atoms with Crippen molar-refractivity contribution in [3.63, 3.8) is 0 Å². The summed E-state index contributed by atoms with van der Waals surface area (Å²) in [7, 11) is 0. The number of imidazole rings is 2. The number of carbonyl (C=O) groups excluding carboxylic acids is 1. The summed E-state index contributed by atoms with van der Waals surface area (Å²) >= 11 is 1.47. The van der Waals surface area contributed by atoms with Gasteiger partial charge in [0.1, 0.15) is 11.2 Å². The normalized spacial score (nSPS) is 12.7. The zero-order valence-corrected chi connectivity index (χ0v) is 13.9. The van der Waals surface area contributed by atoms with Crippen molar-refractivity contribution >= 4 is 27.9 Å². The molecule has 0 saturated carbocycles. The van der Waals surface area contributed by atoms with Gasteiger partial charge in [-0.15, -0.1) is 0 Å². The maximum Gasteiger partial charge on any atom is 0.220 e. The first-order chi connectivity index (χ1) is 11.7. The lowest BCUT2D eigenvalue weighted by Crippen LogP contribution is -2.27. The predicted molar refractivity (Wildman–Crippen MR) is 90.9 cm³/mol. The minimum absolute atomic E-state index is 0.0103. The van der Waals surface area contributed by atoms with Gasteiger partial charge in [0.15, 0.2) is 0 Å². The smallest absolute Gasteiger partial charge is 0.220 e. The highest BCUT2D eigenvalue weighted by atomic mass is 32.1. The first kappa shape index (κ1) is 14.8. The molecule has 0 aliphatic rings. The van der Waals surface area contributed by atoms with E-state index in [9.17, 15) is 4.79 Å². The largest absolute Gasteiger partial charge is 0.348 e. The maximum atomic E-state index is 12.2. The van der Waals surface area contributed by atoms with Crippen LogP contribution >= 0.6 is 11.3 Å². The molecule has 4 aromatic heterocycles. The van der Waals surface area contributed by atoms with Crippen molar-refractivity contribution in [1.82, 2.24) is 29.3 Å². The fourth-order valence-electron chi connectivity index (χ4n) is 2.60. The highest BCUT2D eigenvalue weighted by Gasteiger charge is 2.14. The fourth-order valence-corrected chi connectivity index (χ4v) is 3.21. The summed E-state index contributed by atoms with van der Waals surface area (Å²) in [6.07, 6.45) is 6.77. The predicted octanol–water partition coefficient (Wildman–Crippen LogP) is 2.25. The molecule has 4 heterocycles. The van der Waals surface area contributed by atoms with Crippen molar-refractivity contribution in [3.05, 3.63) is 53.7 Å². The van der Waals surface area contributed by atoms with Gasteiger partial charge in [-0.05, 0) is 25.5 Å². The van der Waals surface area contributed by atoms with Crippen LogP contribution in [0.1, 0.15) is 30.8 Å². The Morgan fingerprint density at radius 2 is 2.25 bits per heavy atom. The fraction of sp³-hybridized carbons (Fsp3) is 0.250. The molecule has 4 rings (SSSR count). The van der Waals surface area contributed by atoms with Crippen LogP contribution in [0.3, 0.4) is 0 Å². The van der Waals surface area contributed by atoms with E-state index >= 15 is 0 Å². The number of rotatable bonds is 5. The summed E-state index contributed by atoms with van der Waals surface area (Å²) in [5.41, 5.74) is 4.36. The summed E-state index contributed by atoms with van der Waals surface area (Å²) in [5.74, 6) is -0.0103. The van der Waals surface area contributed by atoms with Crippen molar-refractivity contribution in [3.8, 4) is 0 Å². The van der Waals surface area contributed by atoms with E-state index in [-0.39, 0.29) is 11.9 Å². The molecule has 1 N–H and O–H groups in total. The molecule has 1 unspecified atom stereocenters. The van der Waals surface area contributed by atoms with E-state index in [0.29, 0.717) is 12.8 Å². The van der Waals surface area contributed by atoms with E-state index in [2.05, 4.69) is 20.4 Å². The van der Waals surface area contributed by atoms with Crippen LogP contribution in [-0.2, 0) is 11.2 Å². The van der Waals surface area contributed by atoms with Gasteiger partial charge in [0.2, 0.25) is 10.9 Å². The minimum Gasteiger partial charge on any atom is -0.348 e. The number of hydrogen-bond acceptors (Lipinski definition) is 5. The number of aryl methyl sites for hydroxylation is 1. The number of hydrogen-bond donors (Lipinski definition) is 1. The number of amides is 1. The van der Waals surface area contributed by atoms with E-state index in [1.807, 2.05) is 48.1 Å². The molecule has 1 atom stereocenters. The van der Waals surface area contributed by atoms with Crippen LogP contribution in [0.5, 0.6) is 0 Å². The van der Waals surface area contributed by atoms with Crippen LogP contribution in [0.4, 0.5) is 0 Å². The zero-order chi connectivity index (χ0) is 16.5. The van der Waals surface area contributed by atoms with Crippen LogP contribution in [0, 0.1) is 0 Å². The lowest BCUT2D eigenvalue weighted by molar-refractivity contribution is -0.121. The van der Waals surface area contributed by atoms with Gasteiger partial charge >= 0.3 is 0 Å². The molecular weight excluding hydrogens is 324 g/mol. The highest BCUT2D eigenvalue weighted by molar-refractivity contribution is 7.14. The van der Waals surface area contributed by atoms with Gasteiger partial charge in [-0.3, -0.25) is 4.79 Å². The average molecular weight is 340 g/mol.